The molecular formula is C10H14BrNOS. The Bertz CT molecular complexity index is 338. The highest BCUT2D eigenvalue weighted by atomic mass is 79.9. The van der Waals surface area contributed by atoms with Crippen molar-refractivity contribution in [1.29, 1.82) is 0 Å². The zero-order chi connectivity index (χ0) is 10.4. The Labute approximate surface area is 96.6 Å². The zero-order valence-electron chi connectivity index (χ0n) is 8.34. The van der Waals surface area contributed by atoms with Gasteiger partial charge in [-0.05, 0) is 41.9 Å². The van der Waals surface area contributed by atoms with Crippen LogP contribution in [-0.4, -0.2) is 18.8 Å². The molecule has 1 aromatic heterocycles. The molecule has 1 fully saturated rings. The lowest BCUT2D eigenvalue weighted by Crippen LogP contribution is -2.64. The van der Waals surface area contributed by atoms with Gasteiger partial charge in [-0.25, -0.2) is 0 Å². The Kier molecular flexibility index (Phi) is 2.50. The molecule has 0 amide bonds. The topological polar surface area (TPSA) is 35.2 Å². The van der Waals surface area contributed by atoms with E-state index in [2.05, 4.69) is 41.9 Å². The number of rotatable bonds is 2. The van der Waals surface area contributed by atoms with Crippen LogP contribution in [0.5, 0.6) is 0 Å². The van der Waals surface area contributed by atoms with Crippen molar-refractivity contribution in [3.05, 3.63) is 20.8 Å². The fourth-order valence-corrected chi connectivity index (χ4v) is 3.42. The lowest BCUT2D eigenvalue weighted by molar-refractivity contribution is -0.0899. The maximum absolute atomic E-state index is 6.23. The Balaban J connectivity index is 2.38. The van der Waals surface area contributed by atoms with Gasteiger partial charge >= 0.3 is 0 Å². The first kappa shape index (κ1) is 10.6. The summed E-state index contributed by atoms with van der Waals surface area (Å²) in [6.07, 6.45) is 0. The predicted molar refractivity (Wildman–Crippen MR) is 62.8 cm³/mol. The van der Waals surface area contributed by atoms with Gasteiger partial charge in [0.2, 0.25) is 0 Å². The monoisotopic (exact) mass is 275 g/mol. The minimum absolute atomic E-state index is 0.0175. The summed E-state index contributed by atoms with van der Waals surface area (Å²) in [6, 6.07) is 4.22. The van der Waals surface area contributed by atoms with Crippen molar-refractivity contribution in [1.82, 2.24) is 0 Å². The van der Waals surface area contributed by atoms with E-state index in [9.17, 15) is 0 Å². The molecule has 1 aromatic rings. The molecule has 1 aliphatic rings. The zero-order valence-corrected chi connectivity index (χ0v) is 10.7. The lowest BCUT2D eigenvalue weighted by atomic mass is 9.69. The Hall–Kier alpha value is 0.1000. The number of hydrogen-bond acceptors (Lipinski definition) is 3. The van der Waals surface area contributed by atoms with Crippen molar-refractivity contribution in [2.75, 3.05) is 13.2 Å². The maximum atomic E-state index is 6.23. The Morgan fingerprint density at radius 3 is 2.43 bits per heavy atom. The summed E-state index contributed by atoms with van der Waals surface area (Å²) in [6.45, 7) is 5.62. The van der Waals surface area contributed by atoms with Gasteiger partial charge < -0.3 is 10.5 Å². The van der Waals surface area contributed by atoms with Crippen LogP contribution in [0.3, 0.4) is 0 Å². The van der Waals surface area contributed by atoms with Crippen LogP contribution in [0, 0.1) is 0 Å². The van der Waals surface area contributed by atoms with E-state index in [1.54, 1.807) is 11.3 Å². The quantitative estimate of drug-likeness (QED) is 0.900. The minimum atomic E-state index is -0.227. The van der Waals surface area contributed by atoms with E-state index < -0.39 is 0 Å². The van der Waals surface area contributed by atoms with Gasteiger partial charge in [0.05, 0.1) is 22.4 Å². The molecule has 78 valence electrons. The van der Waals surface area contributed by atoms with E-state index in [0.29, 0.717) is 0 Å². The highest BCUT2D eigenvalue weighted by Crippen LogP contribution is 2.44. The molecule has 0 radical (unpaired) electrons. The van der Waals surface area contributed by atoms with E-state index >= 15 is 0 Å². The van der Waals surface area contributed by atoms with Crippen LogP contribution in [0.4, 0.5) is 0 Å². The fourth-order valence-electron chi connectivity index (χ4n) is 1.71. The molecule has 4 heteroatoms. The van der Waals surface area contributed by atoms with Gasteiger partial charge in [0.1, 0.15) is 0 Å². The second-order valence-electron chi connectivity index (χ2n) is 4.40. The van der Waals surface area contributed by atoms with Gasteiger partial charge in [-0.2, -0.15) is 0 Å². The third kappa shape index (κ3) is 1.45. The SMILES string of the molecule is CC(C)(N)C1(c2ccc(Br)s2)COC1. The van der Waals surface area contributed by atoms with E-state index in [-0.39, 0.29) is 11.0 Å². The largest absolute Gasteiger partial charge is 0.379 e. The van der Waals surface area contributed by atoms with Gasteiger partial charge in [-0.3, -0.25) is 0 Å². The summed E-state index contributed by atoms with van der Waals surface area (Å²) in [5.41, 5.74) is 6.02. The molecule has 14 heavy (non-hydrogen) atoms. The van der Waals surface area contributed by atoms with Crippen LogP contribution in [0.1, 0.15) is 18.7 Å². The maximum Gasteiger partial charge on any atom is 0.0701 e. The molecule has 2 heterocycles. The van der Waals surface area contributed by atoms with Gasteiger partial charge in [-0.1, -0.05) is 0 Å². The van der Waals surface area contributed by atoms with Gasteiger partial charge in [-0.15, -0.1) is 11.3 Å². The highest BCUT2D eigenvalue weighted by molar-refractivity contribution is 9.11. The van der Waals surface area contributed by atoms with Crippen molar-refractivity contribution >= 4 is 27.3 Å². The summed E-state index contributed by atoms with van der Waals surface area (Å²) in [7, 11) is 0. The third-order valence-corrected chi connectivity index (χ3v) is 4.80. The van der Waals surface area contributed by atoms with Gasteiger partial charge in [0.15, 0.2) is 0 Å². The fraction of sp³-hybridized carbons (Fsp3) is 0.600. The molecule has 0 spiro atoms. The van der Waals surface area contributed by atoms with Crippen molar-refractivity contribution in [3.8, 4) is 0 Å². The molecule has 0 bridgehead atoms. The molecule has 2 N–H and O–H groups in total. The molecule has 2 nitrogen and oxygen atoms in total. The van der Waals surface area contributed by atoms with Crippen LogP contribution in [0.15, 0.2) is 15.9 Å². The molecule has 0 unspecified atom stereocenters. The van der Waals surface area contributed by atoms with Crippen LogP contribution < -0.4 is 5.73 Å². The second kappa shape index (κ2) is 3.30. The van der Waals surface area contributed by atoms with Crippen molar-refractivity contribution in [3.63, 3.8) is 0 Å². The van der Waals surface area contributed by atoms with Crippen molar-refractivity contribution in [2.45, 2.75) is 24.8 Å². The van der Waals surface area contributed by atoms with E-state index in [0.717, 1.165) is 17.0 Å². The molecule has 1 aliphatic heterocycles. The lowest BCUT2D eigenvalue weighted by Gasteiger charge is -2.50. The number of halogens is 1. The number of thiophene rings is 1. The number of ether oxygens (including phenoxy) is 1. The van der Waals surface area contributed by atoms with Crippen molar-refractivity contribution in [2.24, 2.45) is 5.73 Å². The first-order chi connectivity index (χ1) is 6.46. The summed E-state index contributed by atoms with van der Waals surface area (Å²) in [5.74, 6) is 0. The first-order valence-corrected chi connectivity index (χ1v) is 6.19. The van der Waals surface area contributed by atoms with Crippen LogP contribution >= 0.6 is 27.3 Å². The first-order valence-electron chi connectivity index (χ1n) is 4.58. The summed E-state index contributed by atoms with van der Waals surface area (Å²) in [4.78, 5) is 1.32. The van der Waals surface area contributed by atoms with E-state index in [1.165, 1.54) is 4.88 Å². The van der Waals surface area contributed by atoms with Crippen LogP contribution in [0.25, 0.3) is 0 Å². The second-order valence-corrected chi connectivity index (χ2v) is 6.86. The van der Waals surface area contributed by atoms with Crippen molar-refractivity contribution < 1.29 is 4.74 Å². The summed E-state index contributed by atoms with van der Waals surface area (Å²) < 4.78 is 6.50. The van der Waals surface area contributed by atoms with E-state index in [4.69, 9.17) is 10.5 Å². The standard InChI is InChI=1S/C10H14BrNOS/c1-9(2,12)10(5-13-6-10)7-3-4-8(11)14-7/h3-4H,5-6,12H2,1-2H3. The van der Waals surface area contributed by atoms with E-state index in [1.807, 2.05) is 0 Å². The number of hydrogen-bond donors (Lipinski definition) is 1. The minimum Gasteiger partial charge on any atom is -0.379 e. The molecule has 0 atom stereocenters. The Morgan fingerprint density at radius 1 is 1.50 bits per heavy atom. The van der Waals surface area contributed by atoms with Gasteiger partial charge in [0, 0.05) is 10.4 Å². The normalized spacial score (nSPS) is 20.6. The van der Waals surface area contributed by atoms with Crippen LogP contribution in [-0.2, 0) is 10.2 Å². The molecular weight excluding hydrogens is 262 g/mol. The molecule has 1 saturated heterocycles. The molecule has 0 aromatic carbocycles. The van der Waals surface area contributed by atoms with Crippen LogP contribution in [0.2, 0.25) is 0 Å². The summed E-state index contributed by atoms with van der Waals surface area (Å²) in [5, 5.41) is 0. The molecule has 2 rings (SSSR count). The average molecular weight is 276 g/mol. The smallest absolute Gasteiger partial charge is 0.0701 e. The number of nitrogens with two attached hydrogens (primary N) is 1. The third-order valence-electron chi connectivity index (χ3n) is 2.98. The summed E-state index contributed by atoms with van der Waals surface area (Å²) >= 11 is 5.24. The molecule has 0 aliphatic carbocycles. The molecule has 0 saturated carbocycles. The highest BCUT2D eigenvalue weighted by Gasteiger charge is 2.51. The Morgan fingerprint density at radius 2 is 2.14 bits per heavy atom. The average Bonchev–Trinajstić information content (AvgIpc) is 2.29. The predicted octanol–water partition coefficient (Wildman–Crippen LogP) is 2.52. The van der Waals surface area contributed by atoms with Gasteiger partial charge in [0.25, 0.3) is 0 Å².